The number of quaternary nitrogens is 1. The van der Waals surface area contributed by atoms with E-state index >= 15 is 0 Å². The van der Waals surface area contributed by atoms with Crippen LogP contribution >= 0.6 is 0 Å². The predicted molar refractivity (Wildman–Crippen MR) is 116 cm³/mol. The van der Waals surface area contributed by atoms with E-state index < -0.39 is 23.5 Å². The van der Waals surface area contributed by atoms with Crippen LogP contribution in [0.25, 0.3) is 5.76 Å². The Hall–Kier alpha value is -3.10. The van der Waals surface area contributed by atoms with Gasteiger partial charge in [0, 0.05) is 12.0 Å². The molecule has 3 aliphatic rings. The summed E-state index contributed by atoms with van der Waals surface area (Å²) in [7, 11) is 0. The number of aryl methyl sites for hydroxylation is 1. The monoisotopic (exact) mass is 452 g/mol. The van der Waals surface area contributed by atoms with Gasteiger partial charge in [0.25, 0.3) is 5.91 Å². The lowest BCUT2D eigenvalue weighted by atomic mass is 9.97. The van der Waals surface area contributed by atoms with E-state index in [4.69, 9.17) is 13.9 Å². The molecule has 0 bridgehead atoms. The predicted octanol–water partition coefficient (Wildman–Crippen LogP) is 0.0505. The number of carbonyl (C=O) groups excluding carboxylic acids is 2. The number of amides is 1. The first kappa shape index (κ1) is 21.7. The number of hydrogen-bond acceptors (Lipinski definition) is 6. The molecule has 0 spiro atoms. The molecule has 3 aliphatic heterocycles. The standard InChI is InChI=1S/C25H28N2O6/c1-15-3-5-20(32-15)22-21(23(28)17-4-6-19-18(14-17)13-16(2)33-19)24(29)25(30)27(22)8-7-26-9-11-31-12-10-26/h3-6,14,16,22,28H,7-13H2,1-2H3. The minimum Gasteiger partial charge on any atom is -0.872 e. The van der Waals surface area contributed by atoms with Crippen molar-refractivity contribution in [3.05, 3.63) is 58.6 Å². The Balaban J connectivity index is 1.51. The van der Waals surface area contributed by atoms with Crippen LogP contribution in [0.4, 0.5) is 0 Å². The number of nitrogens with one attached hydrogen (secondary N) is 1. The Morgan fingerprint density at radius 1 is 1.18 bits per heavy atom. The normalized spacial score (nSPS) is 24.8. The topological polar surface area (TPSA) is 96.5 Å². The molecule has 2 unspecified atom stereocenters. The van der Waals surface area contributed by atoms with Gasteiger partial charge in [0.05, 0.1) is 26.3 Å². The second kappa shape index (κ2) is 8.68. The maximum Gasteiger partial charge on any atom is 0.295 e. The van der Waals surface area contributed by atoms with Crippen molar-refractivity contribution in [1.29, 1.82) is 0 Å². The van der Waals surface area contributed by atoms with Gasteiger partial charge in [-0.05, 0) is 49.2 Å². The summed E-state index contributed by atoms with van der Waals surface area (Å²) in [5.41, 5.74) is 1.28. The molecule has 33 heavy (non-hydrogen) atoms. The highest BCUT2D eigenvalue weighted by Gasteiger charge is 2.46. The molecule has 2 aromatic rings. The van der Waals surface area contributed by atoms with Gasteiger partial charge >= 0.3 is 0 Å². The number of fused-ring (bicyclic) bond motifs is 1. The lowest BCUT2D eigenvalue weighted by molar-refractivity contribution is -0.907. The summed E-state index contributed by atoms with van der Waals surface area (Å²) in [6.07, 6.45) is 0.748. The van der Waals surface area contributed by atoms with Gasteiger partial charge in [-0.2, -0.15) is 0 Å². The maximum atomic E-state index is 13.6. The number of rotatable bonds is 5. The number of nitrogens with zero attached hydrogens (tertiary/aromatic N) is 1. The molecule has 174 valence electrons. The molecule has 8 heteroatoms. The van der Waals surface area contributed by atoms with Crippen LogP contribution in [-0.4, -0.2) is 62.1 Å². The van der Waals surface area contributed by atoms with Crippen LogP contribution < -0.4 is 14.7 Å². The number of carbonyl (C=O) groups is 2. The zero-order valence-electron chi connectivity index (χ0n) is 18.9. The van der Waals surface area contributed by atoms with Crippen molar-refractivity contribution in [3.8, 4) is 5.75 Å². The van der Waals surface area contributed by atoms with Crippen molar-refractivity contribution in [3.63, 3.8) is 0 Å². The van der Waals surface area contributed by atoms with E-state index in [1.807, 2.05) is 6.92 Å². The first-order valence-electron chi connectivity index (χ1n) is 11.5. The molecule has 1 aromatic heterocycles. The van der Waals surface area contributed by atoms with Crippen molar-refractivity contribution < 1.29 is 33.5 Å². The summed E-state index contributed by atoms with van der Waals surface area (Å²) in [6, 6.07) is 7.90. The summed E-state index contributed by atoms with van der Waals surface area (Å²) in [5.74, 6) is 0.0164. The van der Waals surface area contributed by atoms with E-state index in [9.17, 15) is 14.7 Å². The van der Waals surface area contributed by atoms with Crippen LogP contribution in [-0.2, 0) is 20.7 Å². The summed E-state index contributed by atoms with van der Waals surface area (Å²) in [4.78, 5) is 29.0. The van der Waals surface area contributed by atoms with E-state index in [2.05, 4.69) is 0 Å². The Labute approximate surface area is 192 Å². The Morgan fingerprint density at radius 2 is 1.97 bits per heavy atom. The van der Waals surface area contributed by atoms with Gasteiger partial charge in [-0.15, -0.1) is 0 Å². The quantitative estimate of drug-likeness (QED) is 0.391. The summed E-state index contributed by atoms with van der Waals surface area (Å²) in [6.45, 7) is 7.87. The number of ketones is 1. The molecule has 0 saturated carbocycles. The van der Waals surface area contributed by atoms with Gasteiger partial charge in [-0.1, -0.05) is 11.8 Å². The Bertz CT molecular complexity index is 1110. The average Bonchev–Trinajstić information content (AvgIpc) is 3.47. The van der Waals surface area contributed by atoms with E-state index in [-0.39, 0.29) is 11.7 Å². The molecule has 1 N–H and O–H groups in total. The lowest BCUT2D eigenvalue weighted by Crippen LogP contribution is -3.14. The molecule has 0 radical (unpaired) electrons. The van der Waals surface area contributed by atoms with Crippen molar-refractivity contribution in [1.82, 2.24) is 4.90 Å². The maximum absolute atomic E-state index is 13.6. The summed E-state index contributed by atoms with van der Waals surface area (Å²) < 4.78 is 17.0. The third-order valence-electron chi connectivity index (χ3n) is 6.62. The SMILES string of the molecule is Cc1ccc(C2C(=C([O-])c3ccc4c(c3)CC(C)O4)C(=O)C(=O)N2CC[NH+]2CCOCC2)o1. The zero-order valence-corrected chi connectivity index (χ0v) is 18.9. The van der Waals surface area contributed by atoms with Crippen molar-refractivity contribution >= 4 is 17.4 Å². The molecule has 2 saturated heterocycles. The molecule has 0 aliphatic carbocycles. The molecule has 8 nitrogen and oxygen atoms in total. The molecule has 4 heterocycles. The number of ether oxygens (including phenoxy) is 2. The van der Waals surface area contributed by atoms with Crippen molar-refractivity contribution in [2.75, 3.05) is 39.4 Å². The van der Waals surface area contributed by atoms with Crippen molar-refractivity contribution in [2.24, 2.45) is 0 Å². The summed E-state index contributed by atoms with van der Waals surface area (Å²) >= 11 is 0. The van der Waals surface area contributed by atoms with Gasteiger partial charge < -0.3 is 28.8 Å². The number of hydrogen-bond donors (Lipinski definition) is 1. The highest BCUT2D eigenvalue weighted by atomic mass is 16.5. The third kappa shape index (κ3) is 4.05. The van der Waals surface area contributed by atoms with Gasteiger partial charge in [0.1, 0.15) is 42.5 Å². The van der Waals surface area contributed by atoms with Crippen LogP contribution in [0, 0.1) is 6.92 Å². The lowest BCUT2D eigenvalue weighted by Gasteiger charge is -2.29. The number of morpholine rings is 1. The highest BCUT2D eigenvalue weighted by Crippen LogP contribution is 2.40. The zero-order chi connectivity index (χ0) is 23.1. The van der Waals surface area contributed by atoms with Crippen LogP contribution in [0.5, 0.6) is 5.75 Å². The number of Topliss-reactive ketones (excluding diaryl/α,β-unsaturated/α-hetero) is 1. The molecule has 1 aromatic carbocycles. The second-order valence-electron chi connectivity index (χ2n) is 8.99. The van der Waals surface area contributed by atoms with Gasteiger partial charge in [-0.3, -0.25) is 9.59 Å². The van der Waals surface area contributed by atoms with E-state index in [0.717, 1.165) is 24.4 Å². The first-order chi connectivity index (χ1) is 15.9. The molecule has 1 amide bonds. The number of furan rings is 1. The Kier molecular flexibility index (Phi) is 5.72. The van der Waals surface area contributed by atoms with Crippen LogP contribution in [0.1, 0.15) is 35.6 Å². The smallest absolute Gasteiger partial charge is 0.295 e. The number of likely N-dealkylation sites (tertiary alicyclic amines) is 1. The molecular weight excluding hydrogens is 424 g/mol. The molecule has 5 rings (SSSR count). The number of benzene rings is 1. The van der Waals surface area contributed by atoms with E-state index in [1.165, 1.54) is 9.80 Å². The molecular formula is C25H28N2O6. The van der Waals surface area contributed by atoms with Gasteiger partial charge in [0.15, 0.2) is 0 Å². The molecule has 2 fully saturated rings. The fraction of sp³-hybridized carbons (Fsp3) is 0.440. The van der Waals surface area contributed by atoms with Crippen LogP contribution in [0.15, 0.2) is 40.3 Å². The van der Waals surface area contributed by atoms with Crippen LogP contribution in [0.2, 0.25) is 0 Å². The summed E-state index contributed by atoms with van der Waals surface area (Å²) in [5, 5.41) is 13.6. The first-order valence-corrected chi connectivity index (χ1v) is 11.5. The fourth-order valence-corrected chi connectivity index (χ4v) is 4.90. The van der Waals surface area contributed by atoms with Crippen molar-refractivity contribution in [2.45, 2.75) is 32.4 Å². The minimum absolute atomic E-state index is 0.0433. The third-order valence-corrected chi connectivity index (χ3v) is 6.62. The largest absolute Gasteiger partial charge is 0.872 e. The Morgan fingerprint density at radius 3 is 2.70 bits per heavy atom. The average molecular weight is 453 g/mol. The van der Waals surface area contributed by atoms with Gasteiger partial charge in [-0.25, -0.2) is 0 Å². The highest BCUT2D eigenvalue weighted by molar-refractivity contribution is 6.46. The second-order valence-corrected chi connectivity index (χ2v) is 8.99. The van der Waals surface area contributed by atoms with Gasteiger partial charge in [0.2, 0.25) is 5.78 Å². The minimum atomic E-state index is -0.824. The van der Waals surface area contributed by atoms with E-state index in [1.54, 1.807) is 37.3 Å². The van der Waals surface area contributed by atoms with Crippen LogP contribution in [0.3, 0.4) is 0 Å². The fourth-order valence-electron chi connectivity index (χ4n) is 4.90. The molecule has 2 atom stereocenters. The van der Waals surface area contributed by atoms with E-state index in [0.29, 0.717) is 49.8 Å².